The normalized spacial score (nSPS) is 19.1. The zero-order valence-electron chi connectivity index (χ0n) is 6.85. The smallest absolute Gasteiger partial charge is 0.0624 e. The Kier molecular flexibility index (Phi) is 2.04. The Hall–Kier alpha value is -0.960. The molecule has 1 aromatic heterocycles. The van der Waals surface area contributed by atoms with Crippen LogP contribution in [0.1, 0.15) is 18.5 Å². The largest absolute Gasteiger partial charge is 0.392 e. The summed E-state index contributed by atoms with van der Waals surface area (Å²) in [5.41, 5.74) is 0.886. The fraction of sp³-hybridized carbons (Fsp3) is 0.556. The summed E-state index contributed by atoms with van der Waals surface area (Å²) in [6, 6.07) is 0. The van der Waals surface area contributed by atoms with Crippen LogP contribution in [0.4, 0.5) is 0 Å². The molecule has 1 aromatic rings. The summed E-state index contributed by atoms with van der Waals surface area (Å²) in [7, 11) is 0. The minimum atomic E-state index is -0.207. The summed E-state index contributed by atoms with van der Waals surface area (Å²) >= 11 is 0. The molecule has 1 fully saturated rings. The molecule has 12 heavy (non-hydrogen) atoms. The average Bonchev–Trinajstić information content (AvgIpc) is 2.88. The van der Waals surface area contributed by atoms with Gasteiger partial charge in [0.05, 0.1) is 11.8 Å². The van der Waals surface area contributed by atoms with Crippen LogP contribution >= 0.6 is 0 Å². The summed E-state index contributed by atoms with van der Waals surface area (Å²) in [6.45, 7) is 0. The molecule has 1 aliphatic rings. The van der Waals surface area contributed by atoms with Crippen molar-refractivity contribution >= 4 is 0 Å². The van der Waals surface area contributed by atoms with Crippen LogP contribution < -0.4 is 0 Å². The van der Waals surface area contributed by atoms with Crippen LogP contribution in [0.2, 0.25) is 0 Å². The fourth-order valence-electron chi connectivity index (χ4n) is 1.30. The lowest BCUT2D eigenvalue weighted by Crippen LogP contribution is -2.13. The number of aliphatic hydroxyl groups excluding tert-OH is 1. The van der Waals surface area contributed by atoms with Gasteiger partial charge in [0.2, 0.25) is 0 Å². The maximum Gasteiger partial charge on any atom is 0.0624 e. The van der Waals surface area contributed by atoms with E-state index in [4.69, 9.17) is 0 Å². The minimum Gasteiger partial charge on any atom is -0.392 e. The van der Waals surface area contributed by atoms with Crippen molar-refractivity contribution in [2.75, 3.05) is 0 Å². The zero-order chi connectivity index (χ0) is 8.39. The van der Waals surface area contributed by atoms with Crippen LogP contribution in [0.15, 0.2) is 18.6 Å². The lowest BCUT2D eigenvalue weighted by atomic mass is 10.1. The van der Waals surface area contributed by atoms with Crippen LogP contribution in [0.3, 0.4) is 0 Å². The summed E-state index contributed by atoms with van der Waals surface area (Å²) in [5, 5.41) is 9.57. The average molecular weight is 164 g/mol. The first-order valence-corrected chi connectivity index (χ1v) is 4.29. The Labute approximate surface area is 71.5 Å². The molecule has 0 radical (unpaired) electrons. The molecule has 0 aliphatic heterocycles. The van der Waals surface area contributed by atoms with Crippen LogP contribution in [0, 0.1) is 5.92 Å². The van der Waals surface area contributed by atoms with Gasteiger partial charge in [-0.1, -0.05) is 0 Å². The van der Waals surface area contributed by atoms with Gasteiger partial charge >= 0.3 is 0 Å². The van der Waals surface area contributed by atoms with Crippen molar-refractivity contribution in [2.45, 2.75) is 25.4 Å². The maximum atomic E-state index is 9.57. The first-order valence-electron chi connectivity index (χ1n) is 4.29. The van der Waals surface area contributed by atoms with Crippen LogP contribution in [-0.4, -0.2) is 21.2 Å². The van der Waals surface area contributed by atoms with Gasteiger partial charge in [-0.05, 0) is 18.8 Å². The minimum absolute atomic E-state index is 0.207. The molecule has 2 rings (SSSR count). The Morgan fingerprint density at radius 3 is 2.92 bits per heavy atom. The molecule has 0 amide bonds. The number of nitrogens with zero attached hydrogens (tertiary/aromatic N) is 2. The van der Waals surface area contributed by atoms with Gasteiger partial charge in [0.15, 0.2) is 0 Å². The van der Waals surface area contributed by atoms with E-state index in [9.17, 15) is 5.11 Å². The third-order valence-electron chi connectivity index (χ3n) is 2.20. The van der Waals surface area contributed by atoms with Crippen molar-refractivity contribution in [1.29, 1.82) is 0 Å². The summed E-state index contributed by atoms with van der Waals surface area (Å²) < 4.78 is 0. The van der Waals surface area contributed by atoms with Crippen molar-refractivity contribution in [3.05, 3.63) is 24.3 Å². The molecule has 0 spiro atoms. The van der Waals surface area contributed by atoms with Crippen molar-refractivity contribution in [3.8, 4) is 0 Å². The topological polar surface area (TPSA) is 46.0 Å². The number of hydrogen-bond donors (Lipinski definition) is 1. The number of hydrogen-bond acceptors (Lipinski definition) is 3. The van der Waals surface area contributed by atoms with Crippen LogP contribution in [0.5, 0.6) is 0 Å². The first-order chi connectivity index (χ1) is 5.86. The molecule has 64 valence electrons. The lowest BCUT2D eigenvalue weighted by molar-refractivity contribution is 0.150. The van der Waals surface area contributed by atoms with E-state index in [1.807, 2.05) is 0 Å². The maximum absolute atomic E-state index is 9.57. The van der Waals surface area contributed by atoms with Gasteiger partial charge in [0, 0.05) is 25.0 Å². The molecule has 1 N–H and O–H groups in total. The van der Waals surface area contributed by atoms with Gasteiger partial charge in [-0.3, -0.25) is 9.97 Å². The van der Waals surface area contributed by atoms with Crippen molar-refractivity contribution in [1.82, 2.24) is 9.97 Å². The third-order valence-corrected chi connectivity index (χ3v) is 2.20. The molecule has 1 heterocycles. The SMILES string of the molecule is OC(Cc1cnccn1)C1CC1. The van der Waals surface area contributed by atoms with E-state index in [1.54, 1.807) is 18.6 Å². The number of aliphatic hydroxyl groups is 1. The Bertz CT molecular complexity index is 246. The van der Waals surface area contributed by atoms with E-state index >= 15 is 0 Å². The van der Waals surface area contributed by atoms with E-state index in [1.165, 1.54) is 12.8 Å². The van der Waals surface area contributed by atoms with E-state index in [0.29, 0.717) is 12.3 Å². The monoisotopic (exact) mass is 164 g/mol. The van der Waals surface area contributed by atoms with E-state index in [2.05, 4.69) is 9.97 Å². The molecular weight excluding hydrogens is 152 g/mol. The molecule has 1 unspecified atom stereocenters. The summed E-state index contributed by atoms with van der Waals surface area (Å²) in [4.78, 5) is 8.05. The molecule has 3 heteroatoms. The van der Waals surface area contributed by atoms with Gasteiger partial charge in [-0.15, -0.1) is 0 Å². The van der Waals surface area contributed by atoms with Crippen molar-refractivity contribution in [2.24, 2.45) is 5.92 Å². The first kappa shape index (κ1) is 7.68. The highest BCUT2D eigenvalue weighted by atomic mass is 16.3. The zero-order valence-corrected chi connectivity index (χ0v) is 6.85. The van der Waals surface area contributed by atoms with Gasteiger partial charge < -0.3 is 5.11 Å². The predicted molar refractivity (Wildman–Crippen MR) is 44.5 cm³/mol. The predicted octanol–water partition coefficient (Wildman–Crippen LogP) is 0.790. The number of aromatic nitrogens is 2. The van der Waals surface area contributed by atoms with Gasteiger partial charge in [-0.2, -0.15) is 0 Å². The lowest BCUT2D eigenvalue weighted by Gasteiger charge is -2.06. The van der Waals surface area contributed by atoms with E-state index in [-0.39, 0.29) is 6.10 Å². The molecular formula is C9H12N2O. The standard InChI is InChI=1S/C9H12N2O/c12-9(7-1-2-7)5-8-6-10-3-4-11-8/h3-4,6-7,9,12H,1-2,5H2. The molecule has 0 aromatic carbocycles. The molecule has 1 aliphatic carbocycles. The van der Waals surface area contributed by atoms with Crippen LogP contribution in [-0.2, 0) is 6.42 Å². The number of rotatable bonds is 3. The molecule has 0 bridgehead atoms. The molecule has 3 nitrogen and oxygen atoms in total. The molecule has 0 saturated heterocycles. The van der Waals surface area contributed by atoms with Gasteiger partial charge in [0.1, 0.15) is 0 Å². The second-order valence-electron chi connectivity index (χ2n) is 3.31. The second-order valence-corrected chi connectivity index (χ2v) is 3.31. The quantitative estimate of drug-likeness (QED) is 0.718. The van der Waals surface area contributed by atoms with Gasteiger partial charge in [-0.25, -0.2) is 0 Å². The fourth-order valence-corrected chi connectivity index (χ4v) is 1.30. The van der Waals surface area contributed by atoms with Gasteiger partial charge in [0.25, 0.3) is 0 Å². The molecule has 1 atom stereocenters. The summed E-state index contributed by atoms with van der Waals surface area (Å²) in [5.74, 6) is 0.520. The highest BCUT2D eigenvalue weighted by Gasteiger charge is 2.29. The highest BCUT2D eigenvalue weighted by molar-refractivity contribution is 4.98. The van der Waals surface area contributed by atoms with Crippen molar-refractivity contribution < 1.29 is 5.11 Å². The Morgan fingerprint density at radius 1 is 1.50 bits per heavy atom. The molecule has 1 saturated carbocycles. The van der Waals surface area contributed by atoms with E-state index < -0.39 is 0 Å². The van der Waals surface area contributed by atoms with Crippen LogP contribution in [0.25, 0.3) is 0 Å². The summed E-state index contributed by atoms with van der Waals surface area (Å²) in [6.07, 6.45) is 7.80. The Morgan fingerprint density at radius 2 is 2.33 bits per heavy atom. The second kappa shape index (κ2) is 3.19. The third kappa shape index (κ3) is 1.80. The highest BCUT2D eigenvalue weighted by Crippen LogP contribution is 2.33. The van der Waals surface area contributed by atoms with Crippen molar-refractivity contribution in [3.63, 3.8) is 0 Å². The van der Waals surface area contributed by atoms with E-state index in [0.717, 1.165) is 5.69 Å². The Balaban J connectivity index is 1.94.